The van der Waals surface area contributed by atoms with Gasteiger partial charge in [0, 0.05) is 24.7 Å². The zero-order chi connectivity index (χ0) is 20.9. The number of nitrogens with zero attached hydrogens (tertiary/aromatic N) is 2. The highest BCUT2D eigenvalue weighted by Crippen LogP contribution is 2.30. The molecule has 0 aliphatic heterocycles. The van der Waals surface area contributed by atoms with Gasteiger partial charge in [-0.1, -0.05) is 35.9 Å². The predicted octanol–water partition coefficient (Wildman–Crippen LogP) is 4.81. The summed E-state index contributed by atoms with van der Waals surface area (Å²) in [4.78, 5) is 19.0. The summed E-state index contributed by atoms with van der Waals surface area (Å²) in [6, 6.07) is 13.8. The van der Waals surface area contributed by atoms with Crippen molar-refractivity contribution in [2.24, 2.45) is 5.92 Å². The molecule has 1 aromatic heterocycles. The highest BCUT2D eigenvalue weighted by atomic mass is 35.5. The second kappa shape index (κ2) is 9.41. The highest BCUT2D eigenvalue weighted by molar-refractivity contribution is 6.30. The Bertz CT molecular complexity index is 1000. The first-order valence-electron chi connectivity index (χ1n) is 9.99. The van der Waals surface area contributed by atoms with Crippen molar-refractivity contribution in [1.82, 2.24) is 15.2 Å². The third-order valence-corrected chi connectivity index (χ3v) is 5.25. The average Bonchev–Trinajstić information content (AvgIpc) is 3.42. The molecule has 1 aliphatic rings. The van der Waals surface area contributed by atoms with Crippen molar-refractivity contribution in [1.29, 1.82) is 0 Å². The Morgan fingerprint density at radius 2 is 1.97 bits per heavy atom. The maximum Gasteiger partial charge on any atom is 0.273 e. The van der Waals surface area contributed by atoms with Gasteiger partial charge in [-0.2, -0.15) is 0 Å². The van der Waals surface area contributed by atoms with Crippen LogP contribution < -0.4 is 5.32 Å². The molecule has 4 rings (SSSR count). The van der Waals surface area contributed by atoms with Gasteiger partial charge in [0.15, 0.2) is 5.69 Å². The summed E-state index contributed by atoms with van der Waals surface area (Å²) < 4.78 is 18.5. The molecule has 1 saturated carbocycles. The van der Waals surface area contributed by atoms with Crippen molar-refractivity contribution >= 4 is 17.5 Å². The first-order chi connectivity index (χ1) is 14.5. The topological polar surface area (TPSA) is 58.4 Å². The molecule has 5 nitrogen and oxygen atoms in total. The van der Waals surface area contributed by atoms with Crippen molar-refractivity contribution in [2.75, 3.05) is 6.54 Å². The molecule has 2 aromatic carbocycles. The number of halogens is 2. The average molecular weight is 428 g/mol. The van der Waals surface area contributed by atoms with Crippen molar-refractivity contribution in [3.63, 3.8) is 0 Å². The lowest BCUT2D eigenvalue weighted by atomic mass is 10.2. The number of amides is 1. The van der Waals surface area contributed by atoms with Crippen LogP contribution in [-0.4, -0.2) is 22.3 Å². The van der Waals surface area contributed by atoms with Crippen LogP contribution in [0.1, 0.15) is 40.3 Å². The van der Waals surface area contributed by atoms with Crippen LogP contribution in [0.3, 0.4) is 0 Å². The number of oxazole rings is 1. The van der Waals surface area contributed by atoms with Gasteiger partial charge in [-0.25, -0.2) is 9.37 Å². The molecule has 30 heavy (non-hydrogen) atoms. The van der Waals surface area contributed by atoms with E-state index in [0.29, 0.717) is 24.9 Å². The molecule has 156 valence electrons. The van der Waals surface area contributed by atoms with E-state index in [-0.39, 0.29) is 17.4 Å². The molecule has 0 radical (unpaired) electrons. The number of carbonyl (C=O) groups excluding carboxylic acids is 1. The molecule has 1 aliphatic carbocycles. The molecule has 1 heterocycles. The van der Waals surface area contributed by atoms with E-state index >= 15 is 0 Å². The number of carbonyl (C=O) groups is 1. The Balaban J connectivity index is 1.36. The van der Waals surface area contributed by atoms with Crippen LogP contribution >= 0.6 is 11.6 Å². The summed E-state index contributed by atoms with van der Waals surface area (Å²) in [5.41, 5.74) is 2.18. The van der Waals surface area contributed by atoms with Gasteiger partial charge in [-0.15, -0.1) is 0 Å². The number of rotatable bonds is 9. The fourth-order valence-electron chi connectivity index (χ4n) is 3.30. The van der Waals surface area contributed by atoms with Crippen LogP contribution in [0.5, 0.6) is 0 Å². The SMILES string of the molecule is O=C(NCc1ccc(F)cc1)c1coc(CN(Cc2cccc(Cl)c2)CC2CC2)n1. The summed E-state index contributed by atoms with van der Waals surface area (Å²) >= 11 is 6.11. The third-order valence-electron chi connectivity index (χ3n) is 5.02. The standard InChI is InChI=1S/C23H23ClFN3O2/c24-19-3-1-2-18(10-19)13-28(12-17-4-5-17)14-22-27-21(15-30-22)23(29)26-11-16-6-8-20(25)9-7-16/h1-3,6-10,15,17H,4-5,11-14H2,(H,26,29). The van der Waals surface area contributed by atoms with Crippen LogP contribution in [0, 0.1) is 11.7 Å². The van der Waals surface area contributed by atoms with E-state index in [1.807, 2.05) is 18.2 Å². The molecule has 1 N–H and O–H groups in total. The minimum Gasteiger partial charge on any atom is -0.447 e. The lowest BCUT2D eigenvalue weighted by molar-refractivity contribution is 0.0945. The van der Waals surface area contributed by atoms with Gasteiger partial charge >= 0.3 is 0 Å². The van der Waals surface area contributed by atoms with Crippen molar-refractivity contribution in [3.8, 4) is 0 Å². The van der Waals surface area contributed by atoms with Gasteiger partial charge in [0.05, 0.1) is 6.54 Å². The fraction of sp³-hybridized carbons (Fsp3) is 0.304. The van der Waals surface area contributed by atoms with E-state index in [1.165, 1.54) is 31.2 Å². The van der Waals surface area contributed by atoms with Gasteiger partial charge in [-0.05, 0) is 54.2 Å². The Morgan fingerprint density at radius 3 is 2.70 bits per heavy atom. The van der Waals surface area contributed by atoms with Crippen molar-refractivity contribution < 1.29 is 13.6 Å². The van der Waals surface area contributed by atoms with Crippen LogP contribution in [-0.2, 0) is 19.6 Å². The number of aromatic nitrogens is 1. The third kappa shape index (κ3) is 5.90. The molecule has 1 fully saturated rings. The summed E-state index contributed by atoms with van der Waals surface area (Å²) in [5.74, 6) is 0.583. The predicted molar refractivity (Wildman–Crippen MR) is 112 cm³/mol. The van der Waals surface area contributed by atoms with E-state index in [2.05, 4.69) is 21.3 Å². The van der Waals surface area contributed by atoms with E-state index in [4.69, 9.17) is 16.0 Å². The van der Waals surface area contributed by atoms with Crippen molar-refractivity contribution in [2.45, 2.75) is 32.5 Å². The molecule has 0 unspecified atom stereocenters. The monoisotopic (exact) mass is 427 g/mol. The number of benzene rings is 2. The van der Waals surface area contributed by atoms with Crippen LogP contribution in [0.15, 0.2) is 59.2 Å². The normalized spacial score (nSPS) is 13.6. The van der Waals surface area contributed by atoms with E-state index in [1.54, 1.807) is 12.1 Å². The quantitative estimate of drug-likeness (QED) is 0.532. The number of nitrogens with one attached hydrogen (secondary N) is 1. The van der Waals surface area contributed by atoms with Gasteiger partial charge in [0.1, 0.15) is 12.1 Å². The molecule has 3 aromatic rings. The van der Waals surface area contributed by atoms with E-state index in [9.17, 15) is 9.18 Å². The summed E-state index contributed by atoms with van der Waals surface area (Å²) in [7, 11) is 0. The molecule has 0 saturated heterocycles. The minimum absolute atomic E-state index is 0.237. The number of hydrogen-bond acceptors (Lipinski definition) is 4. The summed E-state index contributed by atoms with van der Waals surface area (Å²) in [5, 5.41) is 3.50. The van der Waals surface area contributed by atoms with E-state index in [0.717, 1.165) is 29.2 Å². The Morgan fingerprint density at radius 1 is 1.17 bits per heavy atom. The molecule has 0 spiro atoms. The molecule has 1 amide bonds. The second-order valence-electron chi connectivity index (χ2n) is 7.68. The van der Waals surface area contributed by atoms with Crippen LogP contribution in [0.2, 0.25) is 5.02 Å². The molecule has 7 heteroatoms. The van der Waals surface area contributed by atoms with Crippen LogP contribution in [0.25, 0.3) is 0 Å². The molecular weight excluding hydrogens is 405 g/mol. The zero-order valence-electron chi connectivity index (χ0n) is 16.5. The molecule has 0 bridgehead atoms. The maximum absolute atomic E-state index is 13.0. The fourth-order valence-corrected chi connectivity index (χ4v) is 3.51. The first kappa shape index (κ1) is 20.6. The van der Waals surface area contributed by atoms with Crippen molar-refractivity contribution in [3.05, 3.63) is 88.3 Å². The minimum atomic E-state index is -0.321. The molecular formula is C23H23ClFN3O2. The maximum atomic E-state index is 13.0. The van der Waals surface area contributed by atoms with E-state index < -0.39 is 0 Å². The lowest BCUT2D eigenvalue weighted by Gasteiger charge is -2.20. The van der Waals surface area contributed by atoms with Gasteiger partial charge in [0.25, 0.3) is 5.91 Å². The smallest absolute Gasteiger partial charge is 0.273 e. The van der Waals surface area contributed by atoms with Gasteiger partial charge in [-0.3, -0.25) is 9.69 Å². The summed E-state index contributed by atoms with van der Waals surface area (Å²) in [6.07, 6.45) is 3.87. The van der Waals surface area contributed by atoms with Gasteiger partial charge in [0.2, 0.25) is 5.89 Å². The zero-order valence-corrected chi connectivity index (χ0v) is 17.2. The Kier molecular flexibility index (Phi) is 6.45. The Hall–Kier alpha value is -2.70. The highest BCUT2D eigenvalue weighted by Gasteiger charge is 2.25. The first-order valence-corrected chi connectivity index (χ1v) is 10.4. The van der Waals surface area contributed by atoms with Crippen LogP contribution in [0.4, 0.5) is 4.39 Å². The number of hydrogen-bond donors (Lipinski definition) is 1. The van der Waals surface area contributed by atoms with Gasteiger partial charge < -0.3 is 9.73 Å². The Labute approximate surface area is 179 Å². The lowest BCUT2D eigenvalue weighted by Crippen LogP contribution is -2.26. The largest absolute Gasteiger partial charge is 0.447 e. The molecule has 0 atom stereocenters. The summed E-state index contributed by atoms with van der Waals surface area (Å²) in [6.45, 7) is 2.52. The second-order valence-corrected chi connectivity index (χ2v) is 8.11.